The molecule has 0 radical (unpaired) electrons. The van der Waals surface area contributed by atoms with E-state index < -0.39 is 0 Å². The van der Waals surface area contributed by atoms with Crippen LogP contribution < -0.4 is 10.9 Å². The highest BCUT2D eigenvalue weighted by Crippen LogP contribution is 2.34. The van der Waals surface area contributed by atoms with Crippen LogP contribution in [0.4, 0.5) is 0 Å². The summed E-state index contributed by atoms with van der Waals surface area (Å²) in [6.07, 6.45) is 8.89. The van der Waals surface area contributed by atoms with Crippen molar-refractivity contribution < 1.29 is 4.79 Å². The normalized spacial score (nSPS) is 15.0. The van der Waals surface area contributed by atoms with Gasteiger partial charge in [-0.3, -0.25) is 9.59 Å². The Morgan fingerprint density at radius 2 is 2.15 bits per heavy atom. The Balaban J connectivity index is 1.61. The minimum Gasteiger partial charge on any atom is -0.353 e. The Labute approximate surface area is 162 Å². The van der Waals surface area contributed by atoms with Crippen LogP contribution in [0.2, 0.25) is 0 Å². The number of nitrogens with zero attached hydrogens (tertiary/aromatic N) is 1. The molecule has 0 fully saturated rings. The van der Waals surface area contributed by atoms with Gasteiger partial charge in [0.2, 0.25) is 5.91 Å². The maximum atomic E-state index is 12.5. The minimum absolute atomic E-state index is 0.00721. The summed E-state index contributed by atoms with van der Waals surface area (Å²) in [5, 5.41) is 4.33. The predicted octanol–water partition coefficient (Wildman–Crippen LogP) is 4.04. The number of amides is 1. The highest BCUT2D eigenvalue weighted by molar-refractivity contribution is 7.99. The predicted molar refractivity (Wildman–Crippen MR) is 109 cm³/mol. The van der Waals surface area contributed by atoms with E-state index in [0.717, 1.165) is 42.3 Å². The molecule has 1 aliphatic rings. The van der Waals surface area contributed by atoms with Gasteiger partial charge in [-0.25, -0.2) is 4.98 Å². The van der Waals surface area contributed by atoms with E-state index in [2.05, 4.69) is 22.2 Å². The van der Waals surface area contributed by atoms with Crippen LogP contribution in [-0.4, -0.2) is 27.7 Å². The van der Waals surface area contributed by atoms with E-state index in [4.69, 9.17) is 0 Å². The van der Waals surface area contributed by atoms with Crippen LogP contribution in [0.1, 0.15) is 62.8 Å². The molecule has 0 bridgehead atoms. The Morgan fingerprint density at radius 3 is 2.96 bits per heavy atom. The Bertz CT molecular complexity index is 828. The second-order valence-corrected chi connectivity index (χ2v) is 9.06. The number of carbonyl (C=O) groups excluding carboxylic acids is 1. The van der Waals surface area contributed by atoms with Gasteiger partial charge in [0.05, 0.1) is 11.1 Å². The SMILES string of the molecule is CCCCC[C@H](C)NC(=O)CSc1nc2sc3c(c2c(=O)[nH]1)CCCC3. The van der Waals surface area contributed by atoms with Gasteiger partial charge in [0.25, 0.3) is 5.56 Å². The van der Waals surface area contributed by atoms with Gasteiger partial charge in [-0.15, -0.1) is 11.3 Å². The number of aromatic nitrogens is 2. The lowest BCUT2D eigenvalue weighted by molar-refractivity contribution is -0.119. The van der Waals surface area contributed by atoms with E-state index in [1.165, 1.54) is 41.5 Å². The average molecular weight is 394 g/mol. The number of thioether (sulfide) groups is 1. The molecule has 1 aliphatic carbocycles. The van der Waals surface area contributed by atoms with E-state index in [-0.39, 0.29) is 23.3 Å². The van der Waals surface area contributed by atoms with Crippen LogP contribution in [0.3, 0.4) is 0 Å². The number of aryl methyl sites for hydroxylation is 2. The van der Waals surface area contributed by atoms with Gasteiger partial charge in [0.15, 0.2) is 5.16 Å². The maximum absolute atomic E-state index is 12.5. The summed E-state index contributed by atoms with van der Waals surface area (Å²) in [5.74, 6) is 0.268. The molecular formula is C19H27N3O2S2. The monoisotopic (exact) mass is 393 g/mol. The van der Waals surface area contributed by atoms with Crippen molar-refractivity contribution in [2.24, 2.45) is 0 Å². The zero-order chi connectivity index (χ0) is 18.5. The fourth-order valence-corrected chi connectivity index (χ4v) is 5.43. The number of nitrogens with one attached hydrogen (secondary N) is 2. The second kappa shape index (κ2) is 9.04. The van der Waals surface area contributed by atoms with Crippen molar-refractivity contribution in [1.29, 1.82) is 0 Å². The summed E-state index contributed by atoms with van der Waals surface area (Å²) in [5.41, 5.74) is 1.13. The average Bonchev–Trinajstić information content (AvgIpc) is 2.99. The molecule has 5 nitrogen and oxygen atoms in total. The summed E-state index contributed by atoms with van der Waals surface area (Å²) in [6, 6.07) is 0.188. The maximum Gasteiger partial charge on any atom is 0.260 e. The Morgan fingerprint density at radius 1 is 1.35 bits per heavy atom. The molecule has 142 valence electrons. The van der Waals surface area contributed by atoms with Gasteiger partial charge in [0.1, 0.15) is 4.83 Å². The zero-order valence-electron chi connectivity index (χ0n) is 15.5. The highest BCUT2D eigenvalue weighted by atomic mass is 32.2. The van der Waals surface area contributed by atoms with Crippen LogP contribution in [-0.2, 0) is 17.6 Å². The number of thiophene rings is 1. The first-order chi connectivity index (χ1) is 12.6. The fraction of sp³-hybridized carbons (Fsp3) is 0.632. The molecule has 1 amide bonds. The molecule has 0 aromatic carbocycles. The number of rotatable bonds is 8. The summed E-state index contributed by atoms with van der Waals surface area (Å²) >= 11 is 2.94. The number of carbonyl (C=O) groups is 1. The molecule has 3 rings (SSSR count). The van der Waals surface area contributed by atoms with Crippen LogP contribution in [0.15, 0.2) is 9.95 Å². The lowest BCUT2D eigenvalue weighted by atomic mass is 9.97. The van der Waals surface area contributed by atoms with Crippen molar-refractivity contribution >= 4 is 39.2 Å². The lowest BCUT2D eigenvalue weighted by Gasteiger charge is -2.13. The van der Waals surface area contributed by atoms with Crippen molar-refractivity contribution in [2.75, 3.05) is 5.75 Å². The third kappa shape index (κ3) is 4.68. The van der Waals surface area contributed by atoms with Gasteiger partial charge in [-0.05, 0) is 44.6 Å². The highest BCUT2D eigenvalue weighted by Gasteiger charge is 2.20. The van der Waals surface area contributed by atoms with E-state index in [9.17, 15) is 9.59 Å². The molecular weight excluding hydrogens is 366 g/mol. The molecule has 1 atom stereocenters. The second-order valence-electron chi connectivity index (χ2n) is 7.02. The number of hydrogen-bond donors (Lipinski definition) is 2. The molecule has 2 aromatic rings. The largest absolute Gasteiger partial charge is 0.353 e. The smallest absolute Gasteiger partial charge is 0.260 e. The molecule has 7 heteroatoms. The first-order valence-electron chi connectivity index (χ1n) is 9.55. The standard InChI is InChI=1S/C19H27N3O2S2/c1-3-4-5-8-12(2)20-15(23)11-25-19-21-17(24)16-13-9-6-7-10-14(13)26-18(16)22-19/h12H,3-11H2,1-2H3,(H,20,23)(H,21,22,24)/t12-/m0/s1. The van der Waals surface area contributed by atoms with Gasteiger partial charge in [-0.1, -0.05) is 37.9 Å². The van der Waals surface area contributed by atoms with Crippen molar-refractivity contribution in [3.63, 3.8) is 0 Å². The Kier molecular flexibility index (Phi) is 6.75. The first-order valence-corrected chi connectivity index (χ1v) is 11.4. The molecule has 2 aromatic heterocycles. The molecule has 0 saturated heterocycles. The third-order valence-electron chi connectivity index (χ3n) is 4.79. The summed E-state index contributed by atoms with van der Waals surface area (Å²) in [4.78, 5) is 34.2. The van der Waals surface area contributed by atoms with Crippen LogP contribution in [0, 0.1) is 0 Å². The summed E-state index contributed by atoms with van der Waals surface area (Å²) < 4.78 is 0. The lowest BCUT2D eigenvalue weighted by Crippen LogP contribution is -2.33. The molecule has 0 aliphatic heterocycles. The van der Waals surface area contributed by atoms with Crippen molar-refractivity contribution in [1.82, 2.24) is 15.3 Å². The Hall–Kier alpha value is -1.34. The van der Waals surface area contributed by atoms with Crippen molar-refractivity contribution in [3.05, 3.63) is 20.8 Å². The van der Waals surface area contributed by atoms with Crippen LogP contribution in [0.5, 0.6) is 0 Å². The van der Waals surface area contributed by atoms with Crippen molar-refractivity contribution in [2.45, 2.75) is 76.4 Å². The van der Waals surface area contributed by atoms with E-state index >= 15 is 0 Å². The molecule has 0 unspecified atom stereocenters. The number of hydrogen-bond acceptors (Lipinski definition) is 5. The number of aromatic amines is 1. The molecule has 0 spiro atoms. The van der Waals surface area contributed by atoms with Crippen LogP contribution in [0.25, 0.3) is 10.2 Å². The summed E-state index contributed by atoms with van der Waals surface area (Å²) in [6.45, 7) is 4.22. The van der Waals surface area contributed by atoms with Crippen molar-refractivity contribution in [3.8, 4) is 0 Å². The molecule has 0 saturated carbocycles. The van der Waals surface area contributed by atoms with Gasteiger partial charge < -0.3 is 10.3 Å². The number of H-pyrrole nitrogens is 1. The van der Waals surface area contributed by atoms with Gasteiger partial charge in [0, 0.05) is 10.9 Å². The van der Waals surface area contributed by atoms with Gasteiger partial charge in [-0.2, -0.15) is 0 Å². The first kappa shape index (κ1) is 19.4. The minimum atomic E-state index is -0.0646. The third-order valence-corrected chi connectivity index (χ3v) is 6.85. The molecule has 2 heterocycles. The number of fused-ring (bicyclic) bond motifs is 3. The zero-order valence-corrected chi connectivity index (χ0v) is 17.2. The van der Waals surface area contributed by atoms with Crippen LogP contribution >= 0.6 is 23.1 Å². The van der Waals surface area contributed by atoms with E-state index in [1.54, 1.807) is 11.3 Å². The topological polar surface area (TPSA) is 74.8 Å². The fourth-order valence-electron chi connectivity index (χ4n) is 3.44. The van der Waals surface area contributed by atoms with E-state index in [0.29, 0.717) is 5.16 Å². The quantitative estimate of drug-likeness (QED) is 0.403. The molecule has 2 N–H and O–H groups in total. The van der Waals surface area contributed by atoms with E-state index in [1.807, 2.05) is 6.92 Å². The molecule has 26 heavy (non-hydrogen) atoms. The van der Waals surface area contributed by atoms with Gasteiger partial charge >= 0.3 is 0 Å². The number of unbranched alkanes of at least 4 members (excludes halogenated alkanes) is 2. The summed E-state index contributed by atoms with van der Waals surface area (Å²) in [7, 11) is 0.